The molecule has 15 heteroatoms. The summed E-state index contributed by atoms with van der Waals surface area (Å²) in [4.78, 5) is 15.2. The van der Waals surface area contributed by atoms with Gasteiger partial charge in [-0.3, -0.25) is 0 Å². The van der Waals surface area contributed by atoms with Crippen molar-refractivity contribution in [3.63, 3.8) is 0 Å². The fourth-order valence-corrected chi connectivity index (χ4v) is 4.52. The molecule has 2 rings (SSSR count). The number of methoxy groups -OCH3 is 1. The van der Waals surface area contributed by atoms with E-state index in [0.717, 1.165) is 0 Å². The molecule has 0 radical (unpaired) electrons. The summed E-state index contributed by atoms with van der Waals surface area (Å²) in [5.74, 6) is 0.199. The first-order chi connectivity index (χ1) is 17.2. The fraction of sp³-hybridized carbons (Fsp3) is 0.455. The van der Waals surface area contributed by atoms with Gasteiger partial charge in [0.2, 0.25) is 5.88 Å². The van der Waals surface area contributed by atoms with Gasteiger partial charge in [-0.2, -0.15) is 30.6 Å². The second-order valence-electron chi connectivity index (χ2n) is 7.96. The Hall–Kier alpha value is -2.81. The van der Waals surface area contributed by atoms with Crippen molar-refractivity contribution in [2.45, 2.75) is 38.9 Å². The normalized spacial score (nSPS) is 12.0. The number of ether oxygens (including phenoxy) is 3. The number of alkyl halides is 3. The van der Waals surface area contributed by atoms with Gasteiger partial charge in [-0.25, -0.2) is 9.78 Å². The van der Waals surface area contributed by atoms with Gasteiger partial charge in [-0.1, -0.05) is 17.7 Å². The van der Waals surface area contributed by atoms with Crippen LogP contribution >= 0.6 is 11.6 Å². The van der Waals surface area contributed by atoms with Gasteiger partial charge in [0.1, 0.15) is 23.1 Å². The number of rotatable bonds is 13. The molecule has 1 heterocycles. The van der Waals surface area contributed by atoms with Gasteiger partial charge >= 0.3 is 22.5 Å². The number of nitrogens with one attached hydrogen (secondary N) is 1. The van der Waals surface area contributed by atoms with E-state index >= 15 is 0 Å². The quantitative estimate of drug-likeness (QED) is 0.332. The molecule has 0 aliphatic carbocycles. The van der Waals surface area contributed by atoms with Crippen LogP contribution in [-0.4, -0.2) is 61.8 Å². The lowest BCUT2D eigenvalue weighted by atomic mass is 10.1. The van der Waals surface area contributed by atoms with Crippen molar-refractivity contribution in [2.75, 3.05) is 26.9 Å². The van der Waals surface area contributed by atoms with Crippen LogP contribution in [0.25, 0.3) is 0 Å². The Morgan fingerprint density at radius 1 is 1.24 bits per heavy atom. The number of hydrogen-bond acceptors (Lipinski definition) is 7. The van der Waals surface area contributed by atoms with E-state index in [0.29, 0.717) is 34.5 Å². The topological polar surface area (TPSA) is 127 Å². The Morgan fingerprint density at radius 2 is 1.95 bits per heavy atom. The Kier molecular flexibility index (Phi) is 10.8. The number of aromatic nitrogens is 1. The van der Waals surface area contributed by atoms with Crippen molar-refractivity contribution in [2.24, 2.45) is 0 Å². The van der Waals surface area contributed by atoms with Crippen molar-refractivity contribution in [3.05, 3.63) is 46.6 Å². The zero-order valence-electron chi connectivity index (χ0n) is 20.2. The van der Waals surface area contributed by atoms with Crippen molar-refractivity contribution in [1.82, 2.24) is 14.0 Å². The smallest absolute Gasteiger partial charge is 0.422 e. The minimum Gasteiger partial charge on any atom is -0.491 e. The van der Waals surface area contributed by atoms with Crippen LogP contribution in [0.2, 0.25) is 5.02 Å². The van der Waals surface area contributed by atoms with E-state index in [1.54, 1.807) is 26.0 Å². The molecule has 37 heavy (non-hydrogen) atoms. The molecular formula is C22H27ClF3N3O7S. The maximum Gasteiger partial charge on any atom is 0.422 e. The molecule has 0 aliphatic rings. The van der Waals surface area contributed by atoms with Gasteiger partial charge in [0, 0.05) is 32.0 Å². The number of amides is 1. The van der Waals surface area contributed by atoms with Gasteiger partial charge in [0.15, 0.2) is 0 Å². The molecule has 0 unspecified atom stereocenters. The predicted octanol–water partition coefficient (Wildman–Crippen LogP) is 4.73. The van der Waals surface area contributed by atoms with Crippen LogP contribution in [0.15, 0.2) is 30.5 Å². The summed E-state index contributed by atoms with van der Waals surface area (Å²) < 4.78 is 82.2. The monoisotopic (exact) mass is 569 g/mol. The first-order valence-electron chi connectivity index (χ1n) is 10.9. The Balaban J connectivity index is 2.28. The van der Waals surface area contributed by atoms with E-state index in [4.69, 9.17) is 25.8 Å². The van der Waals surface area contributed by atoms with Crippen LogP contribution in [0, 0.1) is 0 Å². The molecule has 2 N–H and O–H groups in total. The van der Waals surface area contributed by atoms with Gasteiger partial charge in [-0.15, -0.1) is 0 Å². The van der Waals surface area contributed by atoms with Gasteiger partial charge in [0.25, 0.3) is 0 Å². The van der Waals surface area contributed by atoms with Crippen LogP contribution < -0.4 is 14.2 Å². The third kappa shape index (κ3) is 9.22. The molecule has 1 amide bonds. The van der Waals surface area contributed by atoms with Crippen LogP contribution in [0.5, 0.6) is 17.4 Å². The summed E-state index contributed by atoms with van der Waals surface area (Å²) in [6.07, 6.45) is -5.49. The zero-order chi connectivity index (χ0) is 27.8. The lowest BCUT2D eigenvalue weighted by Crippen LogP contribution is -2.46. The molecule has 0 bridgehead atoms. The fourth-order valence-electron chi connectivity index (χ4n) is 3.02. The second-order valence-corrected chi connectivity index (χ2v) is 9.99. The van der Waals surface area contributed by atoms with Crippen LogP contribution in [-0.2, 0) is 27.5 Å². The zero-order valence-corrected chi connectivity index (χ0v) is 21.8. The Bertz CT molecular complexity index is 1180. The standard InChI is InChI=1S/C22H27ClF3N3O7S/c1-14(2)28-37(32,33)29(21(30)31)8-4-5-15-6-7-17(35-10-9-34-3)12-19(15)36-20-18(23)11-16(13-27-20)22(24,25)26/h6-7,11-14,28H,4-5,8-10H2,1-3H3,(H,30,31). The first kappa shape index (κ1) is 30.4. The van der Waals surface area contributed by atoms with E-state index in [1.165, 1.54) is 13.2 Å². The van der Waals surface area contributed by atoms with E-state index in [-0.39, 0.29) is 42.6 Å². The molecule has 2 aromatic rings. The summed E-state index contributed by atoms with van der Waals surface area (Å²) >= 11 is 5.97. The third-order valence-electron chi connectivity index (χ3n) is 4.63. The average Bonchev–Trinajstić information content (AvgIpc) is 2.77. The lowest BCUT2D eigenvalue weighted by molar-refractivity contribution is -0.137. The van der Waals surface area contributed by atoms with E-state index in [1.807, 2.05) is 0 Å². The number of carbonyl (C=O) groups is 1. The van der Waals surface area contributed by atoms with Crippen LogP contribution in [0.3, 0.4) is 0 Å². The molecule has 0 aliphatic heterocycles. The number of halogens is 4. The lowest BCUT2D eigenvalue weighted by Gasteiger charge is -2.21. The summed E-state index contributed by atoms with van der Waals surface area (Å²) in [7, 11) is -2.78. The minimum atomic E-state index is -4.64. The van der Waals surface area contributed by atoms with Crippen molar-refractivity contribution in [3.8, 4) is 17.4 Å². The Morgan fingerprint density at radius 3 is 2.51 bits per heavy atom. The maximum absolute atomic E-state index is 12.9. The average molecular weight is 570 g/mol. The molecule has 0 saturated heterocycles. The van der Waals surface area contributed by atoms with Crippen LogP contribution in [0.1, 0.15) is 31.4 Å². The van der Waals surface area contributed by atoms with E-state index in [2.05, 4.69) is 9.71 Å². The largest absolute Gasteiger partial charge is 0.491 e. The molecule has 1 aromatic heterocycles. The summed E-state index contributed by atoms with van der Waals surface area (Å²) in [6.45, 7) is 3.26. The minimum absolute atomic E-state index is 0.0692. The van der Waals surface area contributed by atoms with Crippen LogP contribution in [0.4, 0.5) is 18.0 Å². The highest BCUT2D eigenvalue weighted by molar-refractivity contribution is 7.87. The molecule has 10 nitrogen and oxygen atoms in total. The van der Waals surface area contributed by atoms with Crippen molar-refractivity contribution >= 4 is 27.9 Å². The SMILES string of the molecule is COCCOc1ccc(CCCN(C(=O)O)S(=O)(=O)NC(C)C)c(Oc2ncc(C(F)(F)F)cc2Cl)c1. The molecule has 0 fully saturated rings. The summed E-state index contributed by atoms with van der Waals surface area (Å²) in [5, 5.41) is 8.99. The molecule has 0 spiro atoms. The molecule has 1 aromatic carbocycles. The maximum atomic E-state index is 12.9. The molecule has 0 atom stereocenters. The van der Waals surface area contributed by atoms with Gasteiger partial charge < -0.3 is 19.3 Å². The molecule has 0 saturated carbocycles. The number of benzene rings is 1. The number of hydrogen-bond donors (Lipinski definition) is 2. The number of aryl methyl sites for hydroxylation is 1. The van der Waals surface area contributed by atoms with Gasteiger partial charge in [-0.05, 0) is 44.4 Å². The van der Waals surface area contributed by atoms with Gasteiger partial charge in [0.05, 0.1) is 12.2 Å². The third-order valence-corrected chi connectivity index (χ3v) is 6.59. The highest BCUT2D eigenvalue weighted by Gasteiger charge is 2.32. The summed E-state index contributed by atoms with van der Waals surface area (Å²) in [5.41, 5.74) is -0.567. The highest BCUT2D eigenvalue weighted by Crippen LogP contribution is 2.36. The number of nitrogens with zero attached hydrogens (tertiary/aromatic N) is 2. The predicted molar refractivity (Wildman–Crippen MR) is 128 cm³/mol. The highest BCUT2D eigenvalue weighted by atomic mass is 35.5. The van der Waals surface area contributed by atoms with E-state index in [9.17, 15) is 31.5 Å². The number of pyridine rings is 1. The van der Waals surface area contributed by atoms with Crippen molar-refractivity contribution < 1.29 is 45.7 Å². The Labute approximate surface area is 217 Å². The first-order valence-corrected chi connectivity index (χ1v) is 12.7. The molecule has 206 valence electrons. The summed E-state index contributed by atoms with van der Waals surface area (Å²) in [6, 6.07) is 4.83. The second kappa shape index (κ2) is 13.1. The van der Waals surface area contributed by atoms with Crippen molar-refractivity contribution in [1.29, 1.82) is 0 Å². The van der Waals surface area contributed by atoms with E-state index < -0.39 is 34.1 Å². The number of carboxylic acid groups (broad SMARTS) is 1. The molecular weight excluding hydrogens is 543 g/mol.